The molecule has 0 aliphatic rings. The number of unbranched alkanes of at least 4 members (excludes halogenated alkanes) is 13. The fourth-order valence-corrected chi connectivity index (χ4v) is 3.78. The fourth-order valence-electron chi connectivity index (χ4n) is 3.78. The van der Waals surface area contributed by atoms with Gasteiger partial charge in [-0.3, -0.25) is 9.59 Å². The molecule has 0 aromatic carbocycles. The van der Waals surface area contributed by atoms with Gasteiger partial charge in [0.25, 0.3) is 0 Å². The molecule has 0 unspecified atom stereocenters. The molecule has 0 fully saturated rings. The van der Waals surface area contributed by atoms with Crippen LogP contribution in [0.4, 0.5) is 0 Å². The lowest BCUT2D eigenvalue weighted by molar-refractivity contribution is -0.145. The van der Waals surface area contributed by atoms with Gasteiger partial charge >= 0.3 is 11.9 Å². The maximum Gasteiger partial charge on any atom is 0.328 e. The minimum absolute atomic E-state index is 0.0118. The number of ketones is 1. The Morgan fingerprint density at radius 2 is 1.03 bits per heavy atom. The zero-order chi connectivity index (χ0) is 24.7. The van der Waals surface area contributed by atoms with Crippen molar-refractivity contribution in [1.29, 1.82) is 0 Å². The molecular formula is C26H47NO6. The first-order chi connectivity index (χ1) is 15.9. The van der Waals surface area contributed by atoms with Crippen molar-refractivity contribution < 1.29 is 28.7 Å². The molecule has 0 aliphatic carbocycles. The standard InChI is InChI=1S/C26H47NO6/c1-22(28)20-21-23(26(31)33-3)27-24(29)18-16-14-12-10-8-6-4-5-7-9-11-13-15-17-19-25(30)32-2/h23H,4-21H2,1-3H3,(H,27,29)/t23-/m0/s1. The highest BCUT2D eigenvalue weighted by atomic mass is 16.5. The maximum absolute atomic E-state index is 12.1. The third kappa shape index (κ3) is 20.4. The van der Waals surface area contributed by atoms with Gasteiger partial charge in [-0.15, -0.1) is 0 Å². The van der Waals surface area contributed by atoms with Gasteiger partial charge in [0.2, 0.25) is 5.91 Å². The van der Waals surface area contributed by atoms with E-state index < -0.39 is 12.0 Å². The summed E-state index contributed by atoms with van der Waals surface area (Å²) in [6, 6.07) is -0.738. The average Bonchev–Trinajstić information content (AvgIpc) is 2.80. The van der Waals surface area contributed by atoms with E-state index in [-0.39, 0.29) is 30.5 Å². The summed E-state index contributed by atoms with van der Waals surface area (Å²) < 4.78 is 9.35. The van der Waals surface area contributed by atoms with E-state index in [1.807, 2.05) is 0 Å². The van der Waals surface area contributed by atoms with Gasteiger partial charge in [-0.2, -0.15) is 0 Å². The van der Waals surface area contributed by atoms with Gasteiger partial charge < -0.3 is 19.6 Å². The van der Waals surface area contributed by atoms with Crippen LogP contribution in [-0.4, -0.2) is 43.9 Å². The van der Waals surface area contributed by atoms with Gasteiger partial charge in [-0.1, -0.05) is 77.0 Å². The Labute approximate surface area is 200 Å². The summed E-state index contributed by atoms with van der Waals surface area (Å²) in [7, 11) is 2.72. The van der Waals surface area contributed by atoms with Crippen molar-refractivity contribution in [2.45, 2.75) is 129 Å². The molecule has 33 heavy (non-hydrogen) atoms. The number of hydrogen-bond donors (Lipinski definition) is 1. The van der Waals surface area contributed by atoms with E-state index in [0.29, 0.717) is 12.8 Å². The number of carbonyl (C=O) groups is 4. The van der Waals surface area contributed by atoms with E-state index in [1.54, 1.807) is 0 Å². The molecular weight excluding hydrogens is 422 g/mol. The predicted octanol–water partition coefficient (Wildman–Crippen LogP) is 5.43. The van der Waals surface area contributed by atoms with Crippen LogP contribution in [0.5, 0.6) is 0 Å². The Balaban J connectivity index is 3.50. The molecule has 0 bridgehead atoms. The van der Waals surface area contributed by atoms with Crippen molar-refractivity contribution in [3.8, 4) is 0 Å². The summed E-state index contributed by atoms with van der Waals surface area (Å²) in [5.41, 5.74) is 0. The maximum atomic E-state index is 12.1. The second kappa shape index (κ2) is 21.9. The first-order valence-corrected chi connectivity index (χ1v) is 12.8. The lowest BCUT2D eigenvalue weighted by Crippen LogP contribution is -2.41. The van der Waals surface area contributed by atoms with Crippen molar-refractivity contribution >= 4 is 23.6 Å². The lowest BCUT2D eigenvalue weighted by atomic mass is 10.0. The van der Waals surface area contributed by atoms with E-state index in [0.717, 1.165) is 32.1 Å². The molecule has 7 nitrogen and oxygen atoms in total. The first-order valence-electron chi connectivity index (χ1n) is 12.8. The molecule has 1 N–H and O–H groups in total. The van der Waals surface area contributed by atoms with E-state index >= 15 is 0 Å². The van der Waals surface area contributed by atoms with Crippen molar-refractivity contribution in [1.82, 2.24) is 5.32 Å². The van der Waals surface area contributed by atoms with Crippen LogP contribution < -0.4 is 5.32 Å². The minimum atomic E-state index is -0.738. The van der Waals surface area contributed by atoms with Crippen molar-refractivity contribution in [3.05, 3.63) is 0 Å². The van der Waals surface area contributed by atoms with Crippen LogP contribution in [0.1, 0.15) is 122 Å². The topological polar surface area (TPSA) is 98.8 Å². The Hall–Kier alpha value is -1.92. The number of nitrogens with one attached hydrogen (secondary N) is 1. The van der Waals surface area contributed by atoms with Gasteiger partial charge in [0, 0.05) is 19.3 Å². The highest BCUT2D eigenvalue weighted by molar-refractivity contribution is 5.85. The van der Waals surface area contributed by atoms with Crippen LogP contribution in [0.15, 0.2) is 0 Å². The lowest BCUT2D eigenvalue weighted by Gasteiger charge is -2.15. The fraction of sp³-hybridized carbons (Fsp3) is 0.846. The molecule has 1 atom stereocenters. The molecule has 0 aromatic heterocycles. The molecule has 0 aliphatic heterocycles. The quantitative estimate of drug-likeness (QED) is 0.168. The molecule has 192 valence electrons. The van der Waals surface area contributed by atoms with Gasteiger partial charge in [0.05, 0.1) is 14.2 Å². The highest BCUT2D eigenvalue weighted by Gasteiger charge is 2.21. The number of methoxy groups -OCH3 is 2. The van der Waals surface area contributed by atoms with E-state index in [1.165, 1.54) is 78.9 Å². The molecule has 0 aromatic rings. The Bertz CT molecular complexity index is 549. The van der Waals surface area contributed by atoms with Gasteiger partial charge in [-0.25, -0.2) is 4.79 Å². The molecule has 0 radical (unpaired) electrons. The summed E-state index contributed by atoms with van der Waals surface area (Å²) in [5, 5.41) is 2.70. The van der Waals surface area contributed by atoms with Crippen LogP contribution in [0.25, 0.3) is 0 Å². The van der Waals surface area contributed by atoms with E-state index in [2.05, 4.69) is 10.1 Å². The third-order valence-corrected chi connectivity index (χ3v) is 5.87. The highest BCUT2D eigenvalue weighted by Crippen LogP contribution is 2.14. The molecule has 0 spiro atoms. The molecule has 0 saturated heterocycles. The van der Waals surface area contributed by atoms with Crippen LogP contribution in [-0.2, 0) is 28.7 Å². The summed E-state index contributed by atoms with van der Waals surface area (Å²) in [4.78, 5) is 45.9. The van der Waals surface area contributed by atoms with Gasteiger partial charge in [0.1, 0.15) is 11.8 Å². The zero-order valence-electron chi connectivity index (χ0n) is 21.3. The Kier molecular flexibility index (Phi) is 20.6. The first kappa shape index (κ1) is 31.1. The molecule has 1 amide bonds. The van der Waals surface area contributed by atoms with Crippen molar-refractivity contribution in [3.63, 3.8) is 0 Å². The van der Waals surface area contributed by atoms with Crippen LogP contribution >= 0.6 is 0 Å². The minimum Gasteiger partial charge on any atom is -0.469 e. The number of hydrogen-bond acceptors (Lipinski definition) is 6. The van der Waals surface area contributed by atoms with Crippen molar-refractivity contribution in [2.24, 2.45) is 0 Å². The normalized spacial score (nSPS) is 11.6. The van der Waals surface area contributed by atoms with Crippen molar-refractivity contribution in [2.75, 3.05) is 14.2 Å². The van der Waals surface area contributed by atoms with Crippen LogP contribution in [0.3, 0.4) is 0 Å². The third-order valence-electron chi connectivity index (χ3n) is 5.87. The molecule has 0 saturated carbocycles. The number of ether oxygens (including phenoxy) is 2. The Morgan fingerprint density at radius 3 is 1.42 bits per heavy atom. The van der Waals surface area contributed by atoms with E-state index in [9.17, 15) is 19.2 Å². The van der Waals surface area contributed by atoms with E-state index in [4.69, 9.17) is 4.74 Å². The summed E-state index contributed by atoms with van der Waals surface area (Å²) in [6.07, 6.45) is 17.8. The van der Waals surface area contributed by atoms with Gasteiger partial charge in [0.15, 0.2) is 0 Å². The second-order valence-electron chi connectivity index (χ2n) is 8.91. The largest absolute Gasteiger partial charge is 0.469 e. The smallest absolute Gasteiger partial charge is 0.328 e. The Morgan fingerprint density at radius 1 is 0.606 bits per heavy atom. The molecule has 0 rings (SSSR count). The number of esters is 2. The summed E-state index contributed by atoms with van der Waals surface area (Å²) >= 11 is 0. The predicted molar refractivity (Wildman–Crippen MR) is 130 cm³/mol. The zero-order valence-corrected chi connectivity index (χ0v) is 21.3. The second-order valence-corrected chi connectivity index (χ2v) is 8.91. The number of rotatable bonds is 22. The SMILES string of the molecule is COC(=O)CCCCCCCCCCCCCCCCC(=O)N[C@@H](CCC(C)=O)C(=O)OC. The average molecular weight is 470 g/mol. The summed E-state index contributed by atoms with van der Waals surface area (Å²) in [6.45, 7) is 1.47. The van der Waals surface area contributed by atoms with Crippen LogP contribution in [0, 0.1) is 0 Å². The summed E-state index contributed by atoms with van der Waals surface area (Å²) in [5.74, 6) is -0.772. The van der Waals surface area contributed by atoms with Gasteiger partial charge in [-0.05, 0) is 26.2 Å². The molecule has 0 heterocycles. The number of amides is 1. The van der Waals surface area contributed by atoms with Crippen LogP contribution in [0.2, 0.25) is 0 Å². The number of Topliss-reactive ketones (excluding diaryl/α,β-unsaturated/α-hetero) is 1. The molecule has 7 heteroatoms. The monoisotopic (exact) mass is 469 g/mol. The number of carbonyl (C=O) groups excluding carboxylic acids is 4.